The summed E-state index contributed by atoms with van der Waals surface area (Å²) in [6, 6.07) is 1.42. The van der Waals surface area contributed by atoms with Crippen LogP contribution in [0.5, 0.6) is 0 Å². The summed E-state index contributed by atoms with van der Waals surface area (Å²) in [5.41, 5.74) is -0.256. The maximum Gasteiger partial charge on any atom is 0.279 e. The van der Waals surface area contributed by atoms with Crippen LogP contribution in [0.2, 0.25) is 0 Å². The van der Waals surface area contributed by atoms with E-state index in [0.717, 1.165) is 25.7 Å². The lowest BCUT2D eigenvalue weighted by Gasteiger charge is -2.39. The van der Waals surface area contributed by atoms with Gasteiger partial charge in [-0.25, -0.2) is 17.6 Å². The van der Waals surface area contributed by atoms with Gasteiger partial charge in [0, 0.05) is 5.92 Å². The molecule has 0 aliphatic heterocycles. The van der Waals surface area contributed by atoms with Crippen molar-refractivity contribution in [2.75, 3.05) is 0 Å². The largest absolute Gasteiger partial charge is 0.279 e. The van der Waals surface area contributed by atoms with E-state index < -0.39 is 29.0 Å². The monoisotopic (exact) mass is 394 g/mol. The van der Waals surface area contributed by atoms with Crippen LogP contribution in [-0.4, -0.2) is 0 Å². The minimum Gasteiger partial charge on any atom is -0.203 e. The smallest absolute Gasteiger partial charge is 0.203 e. The van der Waals surface area contributed by atoms with Crippen molar-refractivity contribution in [3.8, 4) is 0 Å². The van der Waals surface area contributed by atoms with Crippen LogP contribution in [0.15, 0.2) is 18.7 Å². The third-order valence-electron chi connectivity index (χ3n) is 7.91. The summed E-state index contributed by atoms with van der Waals surface area (Å²) in [7, 11) is 0. The molecule has 4 rings (SSSR count). The molecule has 0 aromatic heterocycles. The molecule has 0 heterocycles. The Balaban J connectivity index is 1.43. The first-order valence-electron chi connectivity index (χ1n) is 10.8. The van der Waals surface area contributed by atoms with E-state index in [9.17, 15) is 8.78 Å². The molecule has 1 aromatic rings. The lowest BCUT2D eigenvalue weighted by Crippen LogP contribution is -2.33. The fourth-order valence-corrected chi connectivity index (χ4v) is 6.23. The normalized spacial score (nSPS) is 34.8. The molecule has 1 unspecified atom stereocenters. The molecule has 3 aliphatic rings. The van der Waals surface area contributed by atoms with Crippen LogP contribution >= 0.6 is 0 Å². The molecule has 0 spiro atoms. The van der Waals surface area contributed by atoms with Crippen LogP contribution in [0.3, 0.4) is 0 Å². The summed E-state index contributed by atoms with van der Waals surface area (Å²) in [4.78, 5) is 0. The van der Waals surface area contributed by atoms with Crippen LogP contribution in [0.4, 0.5) is 17.6 Å². The van der Waals surface area contributed by atoms with Crippen molar-refractivity contribution in [1.29, 1.82) is 0 Å². The molecule has 0 nitrogen and oxygen atoms in total. The van der Waals surface area contributed by atoms with Crippen molar-refractivity contribution < 1.29 is 17.6 Å². The highest BCUT2D eigenvalue weighted by Gasteiger charge is 2.54. The van der Waals surface area contributed by atoms with Crippen molar-refractivity contribution >= 4 is 0 Å². The Morgan fingerprint density at radius 1 is 0.893 bits per heavy atom. The van der Waals surface area contributed by atoms with Crippen molar-refractivity contribution in [2.45, 2.75) is 70.6 Å². The summed E-state index contributed by atoms with van der Waals surface area (Å²) < 4.78 is 58.4. The average molecular weight is 394 g/mol. The van der Waals surface area contributed by atoms with Gasteiger partial charge in [0.15, 0.2) is 11.6 Å². The van der Waals surface area contributed by atoms with Gasteiger partial charge in [0.25, 0.3) is 5.92 Å². The van der Waals surface area contributed by atoms with Crippen LogP contribution in [0, 0.1) is 48.1 Å². The highest BCUT2D eigenvalue weighted by Crippen LogP contribution is 2.54. The summed E-state index contributed by atoms with van der Waals surface area (Å²) in [5, 5.41) is 0. The zero-order chi connectivity index (χ0) is 20.1. The van der Waals surface area contributed by atoms with Gasteiger partial charge in [0.05, 0.1) is 5.56 Å². The highest BCUT2D eigenvalue weighted by molar-refractivity contribution is 5.42. The minimum absolute atomic E-state index is 0.106. The van der Waals surface area contributed by atoms with Gasteiger partial charge in [-0.2, -0.15) is 0 Å². The fourth-order valence-electron chi connectivity index (χ4n) is 6.23. The van der Waals surface area contributed by atoms with Gasteiger partial charge in [-0.15, -0.1) is 6.58 Å². The van der Waals surface area contributed by atoms with Crippen LogP contribution in [-0.2, 0) is 12.3 Å². The lowest BCUT2D eigenvalue weighted by atomic mass is 9.67. The number of halogens is 4. The van der Waals surface area contributed by atoms with Crippen LogP contribution in [0.1, 0.15) is 68.1 Å². The molecule has 28 heavy (non-hydrogen) atoms. The predicted molar refractivity (Wildman–Crippen MR) is 103 cm³/mol. The van der Waals surface area contributed by atoms with Gasteiger partial charge in [-0.1, -0.05) is 12.1 Å². The summed E-state index contributed by atoms with van der Waals surface area (Å²) in [6.45, 7) is 5.34. The molecule has 2 saturated carbocycles. The minimum atomic E-state index is -3.27. The van der Waals surface area contributed by atoms with Gasteiger partial charge in [-0.3, -0.25) is 0 Å². The Bertz CT molecular complexity index is 737. The van der Waals surface area contributed by atoms with Gasteiger partial charge in [0.1, 0.15) is 0 Å². The van der Waals surface area contributed by atoms with E-state index in [0.29, 0.717) is 23.3 Å². The third kappa shape index (κ3) is 3.31. The molecule has 0 bridgehead atoms. The summed E-state index contributed by atoms with van der Waals surface area (Å²) >= 11 is 0. The molecule has 1 aromatic carbocycles. The number of alkyl halides is 2. The van der Waals surface area contributed by atoms with E-state index in [4.69, 9.17) is 0 Å². The maximum absolute atomic E-state index is 15.1. The average Bonchev–Trinajstić information content (AvgIpc) is 2.96. The Labute approximate surface area is 165 Å². The van der Waals surface area contributed by atoms with Crippen LogP contribution < -0.4 is 0 Å². The van der Waals surface area contributed by atoms with Crippen molar-refractivity contribution in [2.24, 2.45) is 29.6 Å². The second-order valence-electron chi connectivity index (χ2n) is 9.37. The van der Waals surface area contributed by atoms with Crippen LogP contribution in [0.25, 0.3) is 0 Å². The molecule has 0 N–H and O–H groups in total. The zero-order valence-corrected chi connectivity index (χ0v) is 16.6. The molecular weight excluding hydrogens is 364 g/mol. The first kappa shape index (κ1) is 20.0. The Hall–Kier alpha value is -1.32. The first-order valence-corrected chi connectivity index (χ1v) is 10.8. The Morgan fingerprint density at radius 2 is 1.43 bits per heavy atom. The first-order chi connectivity index (χ1) is 13.3. The van der Waals surface area contributed by atoms with E-state index >= 15 is 8.78 Å². The quantitative estimate of drug-likeness (QED) is 0.372. The number of aryl methyl sites for hydroxylation is 1. The fraction of sp³-hybridized carbons (Fsp3) is 0.667. The van der Waals surface area contributed by atoms with E-state index in [2.05, 4.69) is 12.7 Å². The van der Waals surface area contributed by atoms with Gasteiger partial charge >= 0.3 is 0 Å². The Kier molecular flexibility index (Phi) is 5.35. The molecule has 4 heteroatoms. The summed E-state index contributed by atoms with van der Waals surface area (Å²) in [6.07, 6.45) is 10.6. The SMILES string of the molecule is C=CC1CCC(C2CCC(C3Cc4cc(C)c(F)c(F)c4C3(F)F)CC2)CC1. The number of hydrogen-bond donors (Lipinski definition) is 0. The lowest BCUT2D eigenvalue weighted by molar-refractivity contribution is -0.0856. The Morgan fingerprint density at radius 3 is 2.00 bits per heavy atom. The number of fused-ring (bicyclic) bond motifs is 1. The molecule has 0 saturated heterocycles. The van der Waals surface area contributed by atoms with Gasteiger partial charge in [0.2, 0.25) is 0 Å². The molecule has 3 aliphatic carbocycles. The topological polar surface area (TPSA) is 0 Å². The molecule has 2 fully saturated rings. The number of allylic oxidation sites excluding steroid dienone is 1. The third-order valence-corrected chi connectivity index (χ3v) is 7.91. The molecule has 0 amide bonds. The van der Waals surface area contributed by atoms with Crippen molar-refractivity contribution in [3.05, 3.63) is 47.0 Å². The maximum atomic E-state index is 15.1. The van der Waals surface area contributed by atoms with E-state index in [1.165, 1.54) is 38.7 Å². The molecular formula is C24H30F4. The summed E-state index contributed by atoms with van der Waals surface area (Å²) in [5.74, 6) is -4.74. The molecule has 1 atom stereocenters. The van der Waals surface area contributed by atoms with E-state index in [1.807, 2.05) is 0 Å². The second-order valence-corrected chi connectivity index (χ2v) is 9.37. The van der Waals surface area contributed by atoms with Gasteiger partial charge < -0.3 is 0 Å². The second kappa shape index (κ2) is 7.50. The van der Waals surface area contributed by atoms with E-state index in [1.54, 1.807) is 0 Å². The predicted octanol–water partition coefficient (Wildman–Crippen LogP) is 7.34. The van der Waals surface area contributed by atoms with E-state index in [-0.39, 0.29) is 17.9 Å². The number of rotatable bonds is 3. The standard InChI is InChI=1S/C24H30F4/c1-3-15-4-6-16(7-5-15)17-8-10-18(11-9-17)20-13-19-12-14(2)22(25)23(26)21(19)24(20,27)28/h3,12,15-18,20H,1,4-11,13H2,2H3. The highest BCUT2D eigenvalue weighted by atomic mass is 19.3. The number of benzene rings is 1. The number of hydrogen-bond acceptors (Lipinski definition) is 0. The molecule has 0 radical (unpaired) electrons. The van der Waals surface area contributed by atoms with Crippen molar-refractivity contribution in [1.82, 2.24) is 0 Å². The zero-order valence-electron chi connectivity index (χ0n) is 16.6. The molecule has 154 valence electrons. The van der Waals surface area contributed by atoms with Gasteiger partial charge in [-0.05, 0) is 99.5 Å². The van der Waals surface area contributed by atoms with Crippen molar-refractivity contribution in [3.63, 3.8) is 0 Å².